The van der Waals surface area contributed by atoms with Crippen LogP contribution in [0.5, 0.6) is 5.75 Å². The van der Waals surface area contributed by atoms with Crippen LogP contribution in [0.4, 0.5) is 13.2 Å². The SMILES string of the molecule is CCOC(=O)c1ncc2onc(-c3ccc(C(F)(F)F)cc3)c2c1O. The first-order valence-corrected chi connectivity index (χ1v) is 7.15. The van der Waals surface area contributed by atoms with Gasteiger partial charge in [0.05, 0.1) is 23.8 Å². The van der Waals surface area contributed by atoms with E-state index in [4.69, 9.17) is 9.26 Å². The zero-order valence-electron chi connectivity index (χ0n) is 12.8. The van der Waals surface area contributed by atoms with Crippen LogP contribution in [-0.2, 0) is 10.9 Å². The van der Waals surface area contributed by atoms with Crippen molar-refractivity contribution < 1.29 is 32.3 Å². The van der Waals surface area contributed by atoms with Gasteiger partial charge in [0.25, 0.3) is 0 Å². The number of pyridine rings is 1. The molecule has 0 bridgehead atoms. The molecule has 0 aliphatic carbocycles. The first-order chi connectivity index (χ1) is 11.8. The van der Waals surface area contributed by atoms with Crippen LogP contribution in [0.3, 0.4) is 0 Å². The molecule has 3 aromatic rings. The van der Waals surface area contributed by atoms with Crippen LogP contribution in [0.15, 0.2) is 35.0 Å². The number of aromatic hydroxyl groups is 1. The molecule has 0 saturated heterocycles. The normalized spacial score (nSPS) is 11.7. The van der Waals surface area contributed by atoms with Crippen LogP contribution in [-0.4, -0.2) is 27.8 Å². The monoisotopic (exact) mass is 352 g/mol. The minimum atomic E-state index is -4.46. The molecule has 1 aromatic carbocycles. The number of nitrogens with zero attached hydrogens (tertiary/aromatic N) is 2. The van der Waals surface area contributed by atoms with Gasteiger partial charge in [-0.25, -0.2) is 9.78 Å². The number of carbonyl (C=O) groups excluding carboxylic acids is 1. The first-order valence-electron chi connectivity index (χ1n) is 7.15. The maximum atomic E-state index is 12.7. The lowest BCUT2D eigenvalue weighted by Gasteiger charge is -2.07. The second-order valence-corrected chi connectivity index (χ2v) is 5.02. The molecule has 25 heavy (non-hydrogen) atoms. The van der Waals surface area contributed by atoms with Crippen LogP contribution in [0.2, 0.25) is 0 Å². The Balaban J connectivity index is 2.11. The van der Waals surface area contributed by atoms with Gasteiger partial charge in [0.2, 0.25) is 0 Å². The molecule has 130 valence electrons. The summed E-state index contributed by atoms with van der Waals surface area (Å²) in [6.07, 6.45) is -3.28. The van der Waals surface area contributed by atoms with E-state index in [0.717, 1.165) is 12.1 Å². The molecule has 1 N–H and O–H groups in total. The molecule has 6 nitrogen and oxygen atoms in total. The molecular weight excluding hydrogens is 341 g/mol. The highest BCUT2D eigenvalue weighted by atomic mass is 19.4. The molecule has 0 unspecified atom stereocenters. The molecule has 0 amide bonds. The molecular formula is C16H11F3N2O4. The maximum absolute atomic E-state index is 12.7. The third-order valence-corrected chi connectivity index (χ3v) is 3.44. The Morgan fingerprint density at radius 3 is 2.56 bits per heavy atom. The fourth-order valence-corrected chi connectivity index (χ4v) is 2.29. The molecule has 0 radical (unpaired) electrons. The summed E-state index contributed by atoms with van der Waals surface area (Å²) in [5.74, 6) is -1.34. The topological polar surface area (TPSA) is 85.5 Å². The van der Waals surface area contributed by atoms with E-state index in [9.17, 15) is 23.1 Å². The number of fused-ring (bicyclic) bond motifs is 1. The van der Waals surface area contributed by atoms with Gasteiger partial charge < -0.3 is 14.4 Å². The molecule has 0 saturated carbocycles. The zero-order chi connectivity index (χ0) is 18.2. The van der Waals surface area contributed by atoms with Gasteiger partial charge in [-0.15, -0.1) is 0 Å². The third-order valence-electron chi connectivity index (χ3n) is 3.44. The number of esters is 1. The van der Waals surface area contributed by atoms with Crippen LogP contribution < -0.4 is 0 Å². The van der Waals surface area contributed by atoms with Crippen molar-refractivity contribution in [3.63, 3.8) is 0 Å². The first kappa shape index (κ1) is 16.7. The molecule has 9 heteroatoms. The van der Waals surface area contributed by atoms with Crippen molar-refractivity contribution in [1.29, 1.82) is 0 Å². The van der Waals surface area contributed by atoms with Gasteiger partial charge in [0.15, 0.2) is 17.0 Å². The Bertz CT molecular complexity index is 933. The van der Waals surface area contributed by atoms with E-state index < -0.39 is 23.5 Å². The summed E-state index contributed by atoms with van der Waals surface area (Å²) in [4.78, 5) is 15.6. The molecule has 0 fully saturated rings. The minimum Gasteiger partial charge on any atom is -0.505 e. The average molecular weight is 352 g/mol. The van der Waals surface area contributed by atoms with E-state index in [0.29, 0.717) is 0 Å². The van der Waals surface area contributed by atoms with Crippen LogP contribution in [0, 0.1) is 0 Å². The standard InChI is InChI=1S/C16H11F3N2O4/c1-2-24-15(23)13-14(22)11-10(7-20-13)25-21-12(11)8-3-5-9(6-4-8)16(17,18)19/h3-7,22H,2H2,1H3. The second kappa shape index (κ2) is 6.08. The summed E-state index contributed by atoms with van der Waals surface area (Å²) < 4.78 is 47.8. The van der Waals surface area contributed by atoms with Gasteiger partial charge in [-0.05, 0) is 19.1 Å². The lowest BCUT2D eigenvalue weighted by molar-refractivity contribution is -0.137. The largest absolute Gasteiger partial charge is 0.505 e. The molecule has 3 rings (SSSR count). The lowest BCUT2D eigenvalue weighted by Crippen LogP contribution is -2.07. The second-order valence-electron chi connectivity index (χ2n) is 5.02. The summed E-state index contributed by atoms with van der Waals surface area (Å²) in [6, 6.07) is 4.18. The maximum Gasteiger partial charge on any atom is 0.416 e. The van der Waals surface area contributed by atoms with Crippen molar-refractivity contribution in [3.8, 4) is 17.0 Å². The number of hydrogen-bond donors (Lipinski definition) is 1. The summed E-state index contributed by atoms with van der Waals surface area (Å²) in [6.45, 7) is 1.69. The number of aromatic nitrogens is 2. The van der Waals surface area contributed by atoms with Gasteiger partial charge >= 0.3 is 12.1 Å². The molecule has 0 atom stereocenters. The average Bonchev–Trinajstić information content (AvgIpc) is 2.99. The fourth-order valence-electron chi connectivity index (χ4n) is 2.29. The van der Waals surface area contributed by atoms with Crippen LogP contribution >= 0.6 is 0 Å². The molecule has 0 aliphatic rings. The van der Waals surface area contributed by atoms with Crippen molar-refractivity contribution in [2.75, 3.05) is 6.61 Å². The van der Waals surface area contributed by atoms with E-state index >= 15 is 0 Å². The minimum absolute atomic E-state index is 0.0674. The number of alkyl halides is 3. The predicted molar refractivity (Wildman–Crippen MR) is 79.9 cm³/mol. The lowest BCUT2D eigenvalue weighted by atomic mass is 10.1. The van der Waals surface area contributed by atoms with Crippen LogP contribution in [0.1, 0.15) is 23.0 Å². The highest BCUT2D eigenvalue weighted by Crippen LogP contribution is 2.37. The fraction of sp³-hybridized carbons (Fsp3) is 0.188. The van der Waals surface area contributed by atoms with E-state index in [1.165, 1.54) is 18.3 Å². The van der Waals surface area contributed by atoms with Crippen LogP contribution in [0.25, 0.3) is 22.2 Å². The Kier molecular flexibility index (Phi) is 4.07. The van der Waals surface area contributed by atoms with Gasteiger partial charge in [0, 0.05) is 5.56 Å². The van der Waals surface area contributed by atoms with Gasteiger partial charge in [-0.2, -0.15) is 13.2 Å². The van der Waals surface area contributed by atoms with Crippen molar-refractivity contribution in [2.24, 2.45) is 0 Å². The van der Waals surface area contributed by atoms with E-state index in [1.54, 1.807) is 6.92 Å². The number of ether oxygens (including phenoxy) is 1. The highest BCUT2D eigenvalue weighted by Gasteiger charge is 2.30. The van der Waals surface area contributed by atoms with Crippen molar-refractivity contribution >= 4 is 16.9 Å². The van der Waals surface area contributed by atoms with Gasteiger partial charge in [0.1, 0.15) is 5.69 Å². The number of rotatable bonds is 3. The Morgan fingerprint density at radius 1 is 1.28 bits per heavy atom. The molecule has 2 heterocycles. The quantitative estimate of drug-likeness (QED) is 0.722. The molecule has 2 aromatic heterocycles. The Labute approximate surface area is 138 Å². The van der Waals surface area contributed by atoms with Gasteiger partial charge in [-0.1, -0.05) is 17.3 Å². The Morgan fingerprint density at radius 2 is 1.96 bits per heavy atom. The predicted octanol–water partition coefficient (Wildman–Crippen LogP) is 3.79. The number of halogens is 3. The van der Waals surface area contributed by atoms with Crippen molar-refractivity contribution in [2.45, 2.75) is 13.1 Å². The third kappa shape index (κ3) is 3.00. The molecule has 0 spiro atoms. The number of carbonyl (C=O) groups is 1. The van der Waals surface area contributed by atoms with Gasteiger partial charge in [-0.3, -0.25) is 0 Å². The summed E-state index contributed by atoms with van der Waals surface area (Å²) >= 11 is 0. The van der Waals surface area contributed by atoms with Crippen molar-refractivity contribution in [1.82, 2.24) is 10.1 Å². The Hall–Kier alpha value is -3.10. The summed E-state index contributed by atoms with van der Waals surface area (Å²) in [5.41, 5.74) is -0.689. The van der Waals surface area contributed by atoms with E-state index in [2.05, 4.69) is 10.1 Å². The highest BCUT2D eigenvalue weighted by molar-refractivity contribution is 6.02. The van der Waals surface area contributed by atoms with E-state index in [1.807, 2.05) is 0 Å². The van der Waals surface area contributed by atoms with Crippen molar-refractivity contribution in [3.05, 3.63) is 41.7 Å². The zero-order valence-corrected chi connectivity index (χ0v) is 12.8. The smallest absolute Gasteiger partial charge is 0.416 e. The summed E-state index contributed by atoms with van der Waals surface area (Å²) in [5, 5.41) is 14.1. The summed E-state index contributed by atoms with van der Waals surface area (Å²) in [7, 11) is 0. The van der Waals surface area contributed by atoms with E-state index in [-0.39, 0.29) is 34.5 Å². The number of benzene rings is 1. The molecule has 0 aliphatic heterocycles. The number of hydrogen-bond acceptors (Lipinski definition) is 6.